The number of carbonyl (C=O) groups is 1. The molecule has 4 N–H and O–H groups in total. The number of aryl methyl sites for hydroxylation is 1. The van der Waals surface area contributed by atoms with E-state index in [1.165, 1.54) is 12.0 Å². The average Bonchev–Trinajstić information content (AvgIpc) is 2.54. The number of carbonyl (C=O) groups excluding carboxylic acids is 1. The molecule has 0 aliphatic heterocycles. The number of H-pyrrole nitrogens is 1. The predicted octanol–water partition coefficient (Wildman–Crippen LogP) is 2.84. The Morgan fingerprint density at radius 1 is 1.29 bits per heavy atom. The molecule has 0 unspecified atom stereocenters. The van der Waals surface area contributed by atoms with Gasteiger partial charge in [0, 0.05) is 6.54 Å². The second-order valence-corrected chi connectivity index (χ2v) is 6.37. The first-order chi connectivity index (χ1) is 11.5. The highest BCUT2D eigenvalue weighted by molar-refractivity contribution is 5.92. The van der Waals surface area contributed by atoms with Crippen molar-refractivity contribution in [2.75, 3.05) is 6.54 Å². The molecule has 5 nitrogen and oxygen atoms in total. The molecule has 1 aromatic heterocycles. The molecular formula is C19H26N3O2+. The van der Waals surface area contributed by atoms with Gasteiger partial charge in [0.15, 0.2) is 6.20 Å². The number of ether oxygens (including phenoxy) is 1. The minimum atomic E-state index is -0.469. The van der Waals surface area contributed by atoms with E-state index in [0.29, 0.717) is 17.4 Å². The molecule has 1 amide bonds. The summed E-state index contributed by atoms with van der Waals surface area (Å²) in [6.07, 6.45) is 2.72. The molecule has 0 bridgehead atoms. The summed E-state index contributed by atoms with van der Waals surface area (Å²) in [4.78, 5) is 14.0. The Labute approximate surface area is 143 Å². The largest absolute Gasteiger partial charge is 0.405 e. The highest BCUT2D eigenvalue weighted by Crippen LogP contribution is 2.23. The fourth-order valence-corrected chi connectivity index (χ4v) is 2.31. The molecule has 0 spiro atoms. The van der Waals surface area contributed by atoms with Crippen molar-refractivity contribution in [2.24, 2.45) is 11.7 Å². The first kappa shape index (κ1) is 17.9. The number of rotatable bonds is 8. The number of benzene rings is 1. The van der Waals surface area contributed by atoms with Gasteiger partial charge >= 0.3 is 5.88 Å². The third-order valence-corrected chi connectivity index (χ3v) is 3.76. The van der Waals surface area contributed by atoms with Crippen molar-refractivity contribution in [3.8, 4) is 11.6 Å². The highest BCUT2D eigenvalue weighted by atomic mass is 16.5. The zero-order chi connectivity index (χ0) is 17.5. The average molecular weight is 328 g/mol. The van der Waals surface area contributed by atoms with Gasteiger partial charge in [-0.1, -0.05) is 26.0 Å². The molecule has 0 atom stereocenters. The molecule has 0 saturated carbocycles. The summed E-state index contributed by atoms with van der Waals surface area (Å²) in [5.41, 5.74) is 7.93. The number of hydrogen-bond acceptors (Lipinski definition) is 3. The monoisotopic (exact) mass is 328 g/mol. The lowest BCUT2D eigenvalue weighted by Gasteiger charge is -2.10. The molecule has 0 aliphatic carbocycles. The molecule has 0 fully saturated rings. The lowest BCUT2D eigenvalue weighted by atomic mass is 10.1. The van der Waals surface area contributed by atoms with Crippen molar-refractivity contribution >= 4 is 5.91 Å². The number of aromatic nitrogens is 1. The minimum absolute atomic E-state index is 0.418. The number of nitrogens with one attached hydrogen (secondary N) is 2. The Bertz CT molecular complexity index is 682. The quantitative estimate of drug-likeness (QED) is 0.731. The molecule has 24 heavy (non-hydrogen) atoms. The number of hydrogen-bond donors (Lipinski definition) is 2. The molecule has 2 aromatic rings. The van der Waals surface area contributed by atoms with Gasteiger partial charge in [0.2, 0.25) is 0 Å². The Kier molecular flexibility index (Phi) is 6.32. The van der Waals surface area contributed by atoms with E-state index in [0.717, 1.165) is 24.4 Å². The minimum Gasteiger partial charge on any atom is -0.405 e. The van der Waals surface area contributed by atoms with Crippen LogP contribution in [0, 0.1) is 12.8 Å². The number of amides is 1. The molecule has 0 radical (unpaired) electrons. The SMILES string of the molecule is Cc1cc(CNCCC(C)C)ccc1Oc1ccc(C(N)=O)c[nH+]1. The summed E-state index contributed by atoms with van der Waals surface area (Å²) >= 11 is 0. The topological polar surface area (TPSA) is 78.5 Å². The maximum absolute atomic E-state index is 11.1. The van der Waals surface area contributed by atoms with Crippen LogP contribution in [0.5, 0.6) is 11.6 Å². The van der Waals surface area contributed by atoms with E-state index in [4.69, 9.17) is 10.5 Å². The predicted molar refractivity (Wildman–Crippen MR) is 93.9 cm³/mol. The molecule has 1 aromatic carbocycles. The Balaban J connectivity index is 1.95. The summed E-state index contributed by atoms with van der Waals surface area (Å²) in [7, 11) is 0. The van der Waals surface area contributed by atoms with Gasteiger partial charge in [0.25, 0.3) is 5.91 Å². The second-order valence-electron chi connectivity index (χ2n) is 6.37. The molecule has 5 heteroatoms. The molecule has 0 aliphatic rings. The van der Waals surface area contributed by atoms with Crippen LogP contribution in [0.4, 0.5) is 0 Å². The summed E-state index contributed by atoms with van der Waals surface area (Å²) in [5, 5.41) is 3.46. The van der Waals surface area contributed by atoms with Crippen LogP contribution in [-0.2, 0) is 6.54 Å². The fourth-order valence-electron chi connectivity index (χ4n) is 2.31. The van der Waals surface area contributed by atoms with Crippen LogP contribution in [0.1, 0.15) is 41.8 Å². The van der Waals surface area contributed by atoms with Crippen molar-refractivity contribution in [1.29, 1.82) is 0 Å². The van der Waals surface area contributed by atoms with E-state index in [1.54, 1.807) is 18.3 Å². The maximum atomic E-state index is 11.1. The maximum Gasteiger partial charge on any atom is 0.371 e. The first-order valence-electron chi connectivity index (χ1n) is 8.25. The van der Waals surface area contributed by atoms with Gasteiger partial charge in [0.1, 0.15) is 11.3 Å². The number of nitrogens with two attached hydrogens (primary N) is 1. The molecule has 0 saturated heterocycles. The van der Waals surface area contributed by atoms with Crippen molar-refractivity contribution in [2.45, 2.75) is 33.7 Å². The number of aromatic amines is 1. The first-order valence-corrected chi connectivity index (χ1v) is 8.25. The summed E-state index contributed by atoms with van der Waals surface area (Å²) in [5.74, 6) is 1.59. The molecule has 128 valence electrons. The number of primary amides is 1. The zero-order valence-electron chi connectivity index (χ0n) is 14.6. The highest BCUT2D eigenvalue weighted by Gasteiger charge is 2.10. The smallest absolute Gasteiger partial charge is 0.371 e. The molecule has 1 heterocycles. The van der Waals surface area contributed by atoms with E-state index < -0.39 is 5.91 Å². The van der Waals surface area contributed by atoms with Gasteiger partial charge in [0.05, 0.1) is 6.07 Å². The van der Waals surface area contributed by atoms with E-state index in [1.807, 2.05) is 13.0 Å². The van der Waals surface area contributed by atoms with Crippen LogP contribution in [0.15, 0.2) is 36.5 Å². The van der Waals surface area contributed by atoms with Gasteiger partial charge < -0.3 is 15.8 Å². The second kappa shape index (κ2) is 8.45. The summed E-state index contributed by atoms with van der Waals surface area (Å²) in [6.45, 7) is 8.35. The van der Waals surface area contributed by atoms with Crippen LogP contribution in [0.2, 0.25) is 0 Å². The van der Waals surface area contributed by atoms with Crippen LogP contribution in [0.3, 0.4) is 0 Å². The third-order valence-electron chi connectivity index (χ3n) is 3.76. The van der Waals surface area contributed by atoms with Crippen LogP contribution < -0.4 is 20.8 Å². The molecular weight excluding hydrogens is 302 g/mol. The van der Waals surface area contributed by atoms with Gasteiger partial charge in [-0.05, 0) is 49.1 Å². The van der Waals surface area contributed by atoms with E-state index in [-0.39, 0.29) is 0 Å². The summed E-state index contributed by atoms with van der Waals surface area (Å²) in [6, 6.07) is 9.47. The van der Waals surface area contributed by atoms with Crippen molar-refractivity contribution in [3.05, 3.63) is 53.2 Å². The normalized spacial score (nSPS) is 10.8. The Morgan fingerprint density at radius 3 is 2.67 bits per heavy atom. The summed E-state index contributed by atoms with van der Waals surface area (Å²) < 4.78 is 5.83. The Morgan fingerprint density at radius 2 is 2.08 bits per heavy atom. The van der Waals surface area contributed by atoms with E-state index >= 15 is 0 Å². The van der Waals surface area contributed by atoms with Crippen LogP contribution >= 0.6 is 0 Å². The molecule has 2 rings (SSSR count). The van der Waals surface area contributed by atoms with Crippen molar-refractivity contribution in [3.63, 3.8) is 0 Å². The fraction of sp³-hybridized carbons (Fsp3) is 0.368. The van der Waals surface area contributed by atoms with Crippen LogP contribution in [-0.4, -0.2) is 12.5 Å². The van der Waals surface area contributed by atoms with E-state index in [2.05, 4.69) is 36.3 Å². The Hall–Kier alpha value is -2.40. The van der Waals surface area contributed by atoms with Gasteiger partial charge in [-0.15, -0.1) is 0 Å². The third kappa shape index (κ3) is 5.35. The number of pyridine rings is 1. The van der Waals surface area contributed by atoms with E-state index in [9.17, 15) is 4.79 Å². The zero-order valence-corrected chi connectivity index (χ0v) is 14.6. The van der Waals surface area contributed by atoms with Gasteiger partial charge in [-0.2, -0.15) is 4.98 Å². The van der Waals surface area contributed by atoms with Crippen molar-refractivity contribution in [1.82, 2.24) is 5.32 Å². The van der Waals surface area contributed by atoms with Crippen LogP contribution in [0.25, 0.3) is 0 Å². The van der Waals surface area contributed by atoms with Gasteiger partial charge in [-0.25, -0.2) is 0 Å². The lowest BCUT2D eigenvalue weighted by molar-refractivity contribution is -0.391. The van der Waals surface area contributed by atoms with Crippen molar-refractivity contribution < 1.29 is 14.5 Å². The lowest BCUT2D eigenvalue weighted by Crippen LogP contribution is -2.16. The standard InChI is InChI=1S/C19H25N3O2/c1-13(2)8-9-21-11-15-4-6-17(14(3)10-15)24-18-7-5-16(12-22-18)19(20)23/h4-7,10,12-13,21H,8-9,11H2,1-3H3,(H2,20,23)/p+1. The van der Waals surface area contributed by atoms with Gasteiger partial charge in [-0.3, -0.25) is 4.79 Å².